The number of amides is 3. The van der Waals surface area contributed by atoms with Crippen molar-refractivity contribution in [2.45, 2.75) is 102 Å². The van der Waals surface area contributed by atoms with Gasteiger partial charge in [-0.05, 0) is 57.8 Å². The minimum Gasteiger partial charge on any atom is -0.469 e. The zero-order valence-electron chi connectivity index (χ0n) is 45.8. The Labute approximate surface area is 469 Å². The molecule has 6 rings (SSSR count). The lowest BCUT2D eigenvalue weighted by Gasteiger charge is -2.37. The van der Waals surface area contributed by atoms with Crippen LogP contribution >= 0.6 is 11.6 Å². The number of nitrogens with two attached hydrogens (primary N) is 1. The second kappa shape index (κ2) is 32.6. The first kappa shape index (κ1) is 63.5. The van der Waals surface area contributed by atoms with Gasteiger partial charge in [0, 0.05) is 32.1 Å². The lowest BCUT2D eigenvalue weighted by atomic mass is 9.76. The normalized spacial score (nSPS) is 12.4. The van der Waals surface area contributed by atoms with Crippen molar-refractivity contribution < 1.29 is 47.8 Å². The number of ether oxygens (including phenoxy) is 2. The summed E-state index contributed by atoms with van der Waals surface area (Å²) in [6.07, 6.45) is 1.44. The van der Waals surface area contributed by atoms with E-state index in [1.807, 2.05) is 196 Å². The van der Waals surface area contributed by atoms with E-state index in [4.69, 9.17) is 22.1 Å². The van der Waals surface area contributed by atoms with E-state index < -0.39 is 58.6 Å². The number of ketones is 2. The molecule has 6 aromatic carbocycles. The second-order valence-electron chi connectivity index (χ2n) is 19.0. The van der Waals surface area contributed by atoms with Crippen molar-refractivity contribution in [1.29, 1.82) is 0 Å². The summed E-state index contributed by atoms with van der Waals surface area (Å²) in [5.74, 6) is -4.22. The maximum absolute atomic E-state index is 13.8. The van der Waals surface area contributed by atoms with Gasteiger partial charge < -0.3 is 31.2 Å². The lowest BCUT2D eigenvalue weighted by Crippen LogP contribution is -2.51. The van der Waals surface area contributed by atoms with E-state index >= 15 is 0 Å². The van der Waals surface area contributed by atoms with Gasteiger partial charge in [0.1, 0.15) is 11.1 Å². The molecule has 0 saturated carbocycles. The van der Waals surface area contributed by atoms with Crippen LogP contribution in [0.3, 0.4) is 0 Å². The van der Waals surface area contributed by atoms with Crippen LogP contribution in [0.5, 0.6) is 0 Å². The van der Waals surface area contributed by atoms with Crippen molar-refractivity contribution in [1.82, 2.24) is 16.0 Å². The molecule has 0 aliphatic rings. The molecule has 4 atom stereocenters. The van der Waals surface area contributed by atoms with Gasteiger partial charge in [-0.25, -0.2) is 0 Å². The molecule has 416 valence electrons. The van der Waals surface area contributed by atoms with Gasteiger partial charge in [-0.2, -0.15) is 0 Å². The zero-order chi connectivity index (χ0) is 57.8. The summed E-state index contributed by atoms with van der Waals surface area (Å²) in [5.41, 5.74) is 9.19. The predicted molar refractivity (Wildman–Crippen MR) is 306 cm³/mol. The van der Waals surface area contributed by atoms with Gasteiger partial charge in [-0.1, -0.05) is 210 Å². The molecule has 0 fully saturated rings. The van der Waals surface area contributed by atoms with Crippen molar-refractivity contribution in [3.05, 3.63) is 215 Å². The first-order valence-corrected chi connectivity index (χ1v) is 26.7. The molecule has 0 unspecified atom stereocenters. The smallest absolute Gasteiger partial charge is 0.308 e. The number of methoxy groups -OCH3 is 2. The number of rotatable bonds is 25. The molecule has 5 N–H and O–H groups in total. The molecule has 0 heterocycles. The molecule has 0 bridgehead atoms. The van der Waals surface area contributed by atoms with Crippen molar-refractivity contribution >= 4 is 58.1 Å². The summed E-state index contributed by atoms with van der Waals surface area (Å²) in [5, 5.41) is 8.89. The Bertz CT molecular complexity index is 2680. The van der Waals surface area contributed by atoms with Crippen LogP contribution < -0.4 is 21.7 Å². The maximum Gasteiger partial charge on any atom is 0.308 e. The van der Waals surface area contributed by atoms with Crippen LogP contribution in [0.15, 0.2) is 182 Å². The molecule has 14 nitrogen and oxygen atoms in total. The number of carbonyl (C=O) groups excluding carboxylic acids is 8. The number of hydrogen-bond donors (Lipinski definition) is 4. The van der Waals surface area contributed by atoms with Gasteiger partial charge in [0.05, 0.1) is 44.6 Å². The monoisotopic (exact) mass is 1090 g/mol. The van der Waals surface area contributed by atoms with Gasteiger partial charge in [-0.15, -0.1) is 0 Å². The van der Waals surface area contributed by atoms with Gasteiger partial charge in [-0.3, -0.25) is 38.4 Å². The summed E-state index contributed by atoms with van der Waals surface area (Å²) < 4.78 is 9.42. The van der Waals surface area contributed by atoms with Gasteiger partial charge >= 0.3 is 11.9 Å². The number of esters is 2. The van der Waals surface area contributed by atoms with Crippen LogP contribution in [0.25, 0.3) is 0 Å². The maximum atomic E-state index is 13.8. The molecule has 3 amide bonds. The summed E-state index contributed by atoms with van der Waals surface area (Å²) in [6, 6.07) is 55.8. The van der Waals surface area contributed by atoms with Gasteiger partial charge in [0.25, 0.3) is 0 Å². The highest BCUT2D eigenvalue weighted by Gasteiger charge is 2.40. The third-order valence-corrected chi connectivity index (χ3v) is 13.2. The zero-order valence-corrected chi connectivity index (χ0v) is 46.6. The summed E-state index contributed by atoms with van der Waals surface area (Å²) in [6.45, 7) is 6.96. The number of carbonyl (C=O) groups is 8. The minimum atomic E-state index is -1.09. The molecule has 0 aromatic heterocycles. The Kier molecular flexibility index (Phi) is 26.2. The largest absolute Gasteiger partial charge is 0.469 e. The molecule has 0 radical (unpaired) electrons. The fourth-order valence-electron chi connectivity index (χ4n) is 8.98. The van der Waals surface area contributed by atoms with Crippen LogP contribution in [0, 0.1) is 11.8 Å². The molecular formula is C64H73ClN4O10. The predicted octanol–water partition coefficient (Wildman–Crippen LogP) is 9.67. The Hall–Kier alpha value is -8.07. The molecule has 0 aliphatic heterocycles. The lowest BCUT2D eigenvalue weighted by molar-refractivity contribution is -0.147. The second-order valence-corrected chi connectivity index (χ2v) is 19.4. The van der Waals surface area contributed by atoms with Gasteiger partial charge in [0.2, 0.25) is 23.0 Å². The number of nitrogens with one attached hydrogen (secondary N) is 3. The van der Waals surface area contributed by atoms with Crippen LogP contribution in [0.2, 0.25) is 0 Å². The molecular weight excluding hydrogens is 1020 g/mol. The van der Waals surface area contributed by atoms with E-state index in [0.717, 1.165) is 39.8 Å². The van der Waals surface area contributed by atoms with E-state index in [1.54, 1.807) is 13.8 Å². The highest BCUT2D eigenvalue weighted by atomic mass is 35.5. The average Bonchev–Trinajstić information content (AvgIpc) is 3.47. The standard InChI is InChI=1S/C32H36N2O5.C28H30N2O4.C4H7ClO/c1-4-14-29(36)33-27(28(35)21-23(2)31(38)39-3)22-30(37)34-32(24-15-8-5-9-16-24,25-17-10-6-11-18-25)26-19-12-7-13-20-26;1-20(27(33)34-2)18-25(31)24(29)19-26(32)30-28(21-12-6-3-7-13-21,22-14-8-4-9-15-22)23-16-10-5-11-17-23;1-2-3-4(5)6/h5-13,15-20,23,27H,4,14,21-22H2,1-3H3,(H,33,36)(H,34,37);3-17,20,24H,18-19,29H2,1-2H3,(H,30,32);2-3H2,1H3/t23-,27-;20-,24-;/m11./s1. The van der Waals surface area contributed by atoms with Crippen LogP contribution in [-0.4, -0.2) is 72.8 Å². The molecule has 6 aromatic rings. The van der Waals surface area contributed by atoms with Gasteiger partial charge in [0.15, 0.2) is 11.6 Å². The van der Waals surface area contributed by atoms with E-state index in [-0.39, 0.29) is 54.9 Å². The van der Waals surface area contributed by atoms with Crippen molar-refractivity contribution in [2.24, 2.45) is 17.6 Å². The fourth-order valence-corrected chi connectivity index (χ4v) is 9.17. The molecule has 0 spiro atoms. The van der Waals surface area contributed by atoms with Crippen molar-refractivity contribution in [3.8, 4) is 0 Å². The molecule has 0 saturated heterocycles. The van der Waals surface area contributed by atoms with Crippen LogP contribution in [0.1, 0.15) is 112 Å². The van der Waals surface area contributed by atoms with E-state index in [0.29, 0.717) is 12.8 Å². The third-order valence-electron chi connectivity index (χ3n) is 13.0. The minimum absolute atomic E-state index is 0.0810. The van der Waals surface area contributed by atoms with E-state index in [2.05, 4.69) is 20.7 Å². The summed E-state index contributed by atoms with van der Waals surface area (Å²) >= 11 is 4.94. The SMILES string of the molecule is CCCC(=O)Cl.CCCC(=O)N[C@H](CC(=O)NC(c1ccccc1)(c1ccccc1)c1ccccc1)C(=O)C[C@@H](C)C(=O)OC.COC(=O)[C@H](C)CC(=O)[C@H](N)CC(=O)NC(c1ccccc1)(c1ccccc1)c1ccccc1. The molecule has 15 heteroatoms. The number of Topliss-reactive ketones (excluding diaryl/α,β-unsaturated/α-hetero) is 2. The van der Waals surface area contributed by atoms with Crippen LogP contribution in [-0.2, 0) is 58.9 Å². The van der Waals surface area contributed by atoms with Crippen molar-refractivity contribution in [3.63, 3.8) is 0 Å². The first-order chi connectivity index (χ1) is 38.0. The number of hydrogen-bond acceptors (Lipinski definition) is 11. The Morgan fingerprint density at radius 1 is 0.443 bits per heavy atom. The van der Waals surface area contributed by atoms with Crippen molar-refractivity contribution in [2.75, 3.05) is 14.2 Å². The third kappa shape index (κ3) is 18.5. The molecule has 0 aliphatic carbocycles. The van der Waals surface area contributed by atoms with E-state index in [1.165, 1.54) is 14.2 Å². The number of benzene rings is 6. The Morgan fingerprint density at radius 2 is 0.734 bits per heavy atom. The summed E-state index contributed by atoms with van der Waals surface area (Å²) in [7, 11) is 2.53. The first-order valence-electron chi connectivity index (χ1n) is 26.4. The Morgan fingerprint density at radius 3 is 1.00 bits per heavy atom. The Balaban J connectivity index is 0.000000311. The highest BCUT2D eigenvalue weighted by Crippen LogP contribution is 2.38. The quantitative estimate of drug-likeness (QED) is 0.0240. The molecule has 79 heavy (non-hydrogen) atoms. The number of halogens is 1. The highest BCUT2D eigenvalue weighted by molar-refractivity contribution is 6.63. The fraction of sp³-hybridized carbons (Fsp3) is 0.312. The van der Waals surface area contributed by atoms with E-state index in [9.17, 15) is 38.4 Å². The van der Waals surface area contributed by atoms with Crippen LogP contribution in [0.4, 0.5) is 0 Å². The average molecular weight is 1090 g/mol. The topological polar surface area (TPSA) is 217 Å². The summed E-state index contributed by atoms with van der Waals surface area (Å²) in [4.78, 5) is 98.8.